The van der Waals surface area contributed by atoms with E-state index in [1.165, 1.54) is 0 Å². The highest BCUT2D eigenvalue weighted by Crippen LogP contribution is 2.18. The van der Waals surface area contributed by atoms with Crippen molar-refractivity contribution in [3.8, 4) is 0 Å². The highest BCUT2D eigenvalue weighted by molar-refractivity contribution is 6.06. The molecule has 0 bridgehead atoms. The van der Waals surface area contributed by atoms with E-state index in [1.807, 2.05) is 12.1 Å². The van der Waals surface area contributed by atoms with Crippen molar-refractivity contribution >= 4 is 11.8 Å². The normalized spacial score (nSPS) is 15.5. The molecule has 0 saturated heterocycles. The Hall–Kier alpha value is -1.64. The number of imide groups is 1. The van der Waals surface area contributed by atoms with Gasteiger partial charge in [-0.1, -0.05) is 26.0 Å². The molecule has 0 aromatic heterocycles. The first-order chi connectivity index (χ1) is 8.06. The monoisotopic (exact) mass is 231 g/mol. The highest BCUT2D eigenvalue weighted by Gasteiger charge is 2.19. The standard InChI is InChI=1S/C14H17NO2/c1-9(2)7-10-3-4-11-5-6-13(16)15-14(17)12(11)8-10/h3-4,8-9H,5-7H2,1-2H3,(H,15,16,17). The third kappa shape index (κ3) is 2.73. The molecule has 3 heteroatoms. The van der Waals surface area contributed by atoms with E-state index in [2.05, 4.69) is 25.2 Å². The van der Waals surface area contributed by atoms with Crippen LogP contribution in [0, 0.1) is 5.92 Å². The average molecular weight is 231 g/mol. The van der Waals surface area contributed by atoms with Gasteiger partial charge in [-0.3, -0.25) is 14.9 Å². The number of carbonyl (C=O) groups is 2. The second-order valence-corrected chi connectivity index (χ2v) is 4.97. The van der Waals surface area contributed by atoms with E-state index in [0.717, 1.165) is 17.5 Å². The Balaban J connectivity index is 2.34. The molecule has 90 valence electrons. The molecule has 0 radical (unpaired) electrons. The molecule has 2 amide bonds. The fourth-order valence-electron chi connectivity index (χ4n) is 2.16. The van der Waals surface area contributed by atoms with Gasteiger partial charge in [0.05, 0.1) is 0 Å². The van der Waals surface area contributed by atoms with Crippen molar-refractivity contribution < 1.29 is 9.59 Å². The van der Waals surface area contributed by atoms with Crippen molar-refractivity contribution in [1.29, 1.82) is 0 Å². The number of hydrogen-bond donors (Lipinski definition) is 1. The van der Waals surface area contributed by atoms with E-state index < -0.39 is 0 Å². The van der Waals surface area contributed by atoms with E-state index in [-0.39, 0.29) is 11.8 Å². The first kappa shape index (κ1) is 11.8. The van der Waals surface area contributed by atoms with Crippen LogP contribution >= 0.6 is 0 Å². The molecular weight excluding hydrogens is 214 g/mol. The molecule has 3 nitrogen and oxygen atoms in total. The van der Waals surface area contributed by atoms with Gasteiger partial charge in [-0.15, -0.1) is 0 Å². The Labute approximate surface area is 101 Å². The summed E-state index contributed by atoms with van der Waals surface area (Å²) in [5.41, 5.74) is 2.79. The van der Waals surface area contributed by atoms with E-state index in [0.29, 0.717) is 24.3 Å². The predicted octanol–water partition coefficient (Wildman–Crippen LogP) is 2.09. The van der Waals surface area contributed by atoms with Crippen LogP contribution in [-0.4, -0.2) is 11.8 Å². The lowest BCUT2D eigenvalue weighted by atomic mass is 9.96. The second-order valence-electron chi connectivity index (χ2n) is 4.97. The van der Waals surface area contributed by atoms with Crippen molar-refractivity contribution in [2.75, 3.05) is 0 Å². The van der Waals surface area contributed by atoms with Crippen molar-refractivity contribution in [1.82, 2.24) is 5.32 Å². The first-order valence-corrected chi connectivity index (χ1v) is 6.02. The predicted molar refractivity (Wildman–Crippen MR) is 65.8 cm³/mol. The minimum atomic E-state index is -0.256. The molecule has 0 aliphatic carbocycles. The highest BCUT2D eigenvalue weighted by atomic mass is 16.2. The Kier molecular flexibility index (Phi) is 3.27. The van der Waals surface area contributed by atoms with Crippen LogP contribution in [0.3, 0.4) is 0 Å². The summed E-state index contributed by atoms with van der Waals surface area (Å²) in [5, 5.41) is 2.40. The van der Waals surface area contributed by atoms with Gasteiger partial charge >= 0.3 is 0 Å². The van der Waals surface area contributed by atoms with E-state index in [4.69, 9.17) is 0 Å². The average Bonchev–Trinajstić information content (AvgIpc) is 2.38. The summed E-state index contributed by atoms with van der Waals surface area (Å²) < 4.78 is 0. The minimum absolute atomic E-state index is 0.184. The lowest BCUT2D eigenvalue weighted by Crippen LogP contribution is -2.28. The second kappa shape index (κ2) is 4.70. The van der Waals surface area contributed by atoms with Gasteiger partial charge in [0.15, 0.2) is 0 Å². The molecule has 0 unspecified atom stereocenters. The van der Waals surface area contributed by atoms with Gasteiger partial charge in [-0.2, -0.15) is 0 Å². The zero-order chi connectivity index (χ0) is 12.4. The van der Waals surface area contributed by atoms with Crippen LogP contribution in [-0.2, 0) is 17.6 Å². The van der Waals surface area contributed by atoms with E-state index >= 15 is 0 Å². The van der Waals surface area contributed by atoms with Crippen LogP contribution in [0.25, 0.3) is 0 Å². The topological polar surface area (TPSA) is 46.2 Å². The number of rotatable bonds is 2. The maximum absolute atomic E-state index is 11.8. The van der Waals surface area contributed by atoms with Gasteiger partial charge in [-0.25, -0.2) is 0 Å². The zero-order valence-corrected chi connectivity index (χ0v) is 10.2. The van der Waals surface area contributed by atoms with Crippen molar-refractivity contribution in [2.45, 2.75) is 33.1 Å². The summed E-state index contributed by atoms with van der Waals surface area (Å²) in [6.07, 6.45) is 1.99. The lowest BCUT2D eigenvalue weighted by Gasteiger charge is -2.09. The molecule has 1 aliphatic heterocycles. The zero-order valence-electron chi connectivity index (χ0n) is 10.2. The van der Waals surface area contributed by atoms with Gasteiger partial charge in [-0.05, 0) is 36.0 Å². The summed E-state index contributed by atoms with van der Waals surface area (Å²) in [5.74, 6) is 0.119. The van der Waals surface area contributed by atoms with Crippen LogP contribution in [0.2, 0.25) is 0 Å². The molecule has 1 aliphatic rings. The Bertz CT molecular complexity index is 463. The van der Waals surface area contributed by atoms with Gasteiger partial charge in [0.25, 0.3) is 5.91 Å². The maximum atomic E-state index is 11.8. The molecule has 0 saturated carbocycles. The number of benzene rings is 1. The van der Waals surface area contributed by atoms with Crippen LogP contribution in [0.5, 0.6) is 0 Å². The van der Waals surface area contributed by atoms with Crippen molar-refractivity contribution in [3.05, 3.63) is 34.9 Å². The molecule has 0 spiro atoms. The molecule has 0 fully saturated rings. The van der Waals surface area contributed by atoms with Gasteiger partial charge in [0.2, 0.25) is 5.91 Å². The molecule has 1 aromatic rings. The fourth-order valence-corrected chi connectivity index (χ4v) is 2.16. The third-order valence-electron chi connectivity index (χ3n) is 2.94. The lowest BCUT2D eigenvalue weighted by molar-refractivity contribution is -0.119. The largest absolute Gasteiger partial charge is 0.292 e. The number of amides is 2. The minimum Gasteiger partial charge on any atom is -0.292 e. The SMILES string of the molecule is CC(C)Cc1ccc2c(c1)C(=O)NC(=O)CC2. The molecule has 1 aromatic carbocycles. The molecule has 2 rings (SSSR count). The number of aryl methyl sites for hydroxylation is 1. The fraction of sp³-hybridized carbons (Fsp3) is 0.429. The van der Waals surface area contributed by atoms with Gasteiger partial charge < -0.3 is 0 Å². The summed E-state index contributed by atoms with van der Waals surface area (Å²) in [6.45, 7) is 4.30. The maximum Gasteiger partial charge on any atom is 0.258 e. The molecule has 17 heavy (non-hydrogen) atoms. The van der Waals surface area contributed by atoms with Crippen LogP contribution in [0.1, 0.15) is 41.8 Å². The van der Waals surface area contributed by atoms with Gasteiger partial charge in [0.1, 0.15) is 0 Å². The van der Waals surface area contributed by atoms with E-state index in [9.17, 15) is 9.59 Å². The van der Waals surface area contributed by atoms with Gasteiger partial charge in [0, 0.05) is 12.0 Å². The van der Waals surface area contributed by atoms with E-state index in [1.54, 1.807) is 0 Å². The number of carbonyl (C=O) groups excluding carboxylic acids is 2. The van der Waals surface area contributed by atoms with Crippen LogP contribution in [0.4, 0.5) is 0 Å². The smallest absolute Gasteiger partial charge is 0.258 e. The summed E-state index contributed by atoms with van der Waals surface area (Å²) in [7, 11) is 0. The van der Waals surface area contributed by atoms with Crippen molar-refractivity contribution in [3.63, 3.8) is 0 Å². The summed E-state index contributed by atoms with van der Waals surface area (Å²) in [6, 6.07) is 5.95. The summed E-state index contributed by atoms with van der Waals surface area (Å²) >= 11 is 0. The van der Waals surface area contributed by atoms with Crippen LogP contribution < -0.4 is 5.32 Å². The van der Waals surface area contributed by atoms with Crippen molar-refractivity contribution in [2.24, 2.45) is 5.92 Å². The number of hydrogen-bond acceptors (Lipinski definition) is 2. The molecule has 0 atom stereocenters. The first-order valence-electron chi connectivity index (χ1n) is 6.02. The summed E-state index contributed by atoms with van der Waals surface area (Å²) in [4.78, 5) is 23.1. The number of fused-ring (bicyclic) bond motifs is 1. The molecular formula is C14H17NO2. The van der Waals surface area contributed by atoms with Crippen LogP contribution in [0.15, 0.2) is 18.2 Å². The Morgan fingerprint density at radius 2 is 2.00 bits per heavy atom. The Morgan fingerprint density at radius 1 is 1.24 bits per heavy atom. The number of nitrogens with one attached hydrogen (secondary N) is 1. The molecule has 1 N–H and O–H groups in total. The third-order valence-corrected chi connectivity index (χ3v) is 2.94. The Morgan fingerprint density at radius 3 is 2.71 bits per heavy atom. The molecule has 1 heterocycles. The quantitative estimate of drug-likeness (QED) is 0.792.